The number of carbonyl (C=O) groups is 2. The Morgan fingerprint density at radius 2 is 1.03 bits per heavy atom. The van der Waals surface area contributed by atoms with Crippen LogP contribution in [-0.4, -0.2) is 25.5 Å². The Kier molecular flexibility index (Phi) is 6.77. The maximum absolute atomic E-state index is 12.2. The number of rotatable bonds is 6. The van der Waals surface area contributed by atoms with Gasteiger partial charge < -0.3 is 18.9 Å². The maximum Gasteiger partial charge on any atom is 0.513 e. The molecule has 0 unspecified atom stereocenters. The average molecular weight is 410 g/mol. The Bertz CT molecular complexity index is 1020. The highest BCUT2D eigenvalue weighted by Gasteiger charge is 2.21. The van der Waals surface area contributed by atoms with Crippen molar-refractivity contribution in [3.8, 4) is 11.5 Å². The molecule has 0 aliphatic carbocycles. The van der Waals surface area contributed by atoms with Crippen LogP contribution in [0, 0.1) is 0 Å². The second-order valence-electron chi connectivity index (χ2n) is 6.70. The molecule has 0 bridgehead atoms. The Labute approximate surface area is 175 Å². The van der Waals surface area contributed by atoms with E-state index in [1.54, 1.807) is 13.8 Å². The number of benzene rings is 3. The first kappa shape index (κ1) is 21.4. The van der Waals surface area contributed by atoms with Crippen molar-refractivity contribution in [2.75, 3.05) is 13.2 Å². The molecule has 3 aromatic carbocycles. The second-order valence-corrected chi connectivity index (χ2v) is 6.70. The predicted molar refractivity (Wildman–Crippen MR) is 116 cm³/mol. The summed E-state index contributed by atoms with van der Waals surface area (Å²) in [4.78, 5) is 24.4. The van der Waals surface area contributed by atoms with Crippen LogP contribution in [0.4, 0.5) is 9.59 Å². The molecule has 0 heterocycles. The molecule has 0 fully saturated rings. The van der Waals surface area contributed by atoms with Crippen molar-refractivity contribution in [2.45, 2.75) is 40.5 Å². The third-order valence-electron chi connectivity index (χ3n) is 4.86. The normalized spacial score (nSPS) is 10.8. The van der Waals surface area contributed by atoms with Gasteiger partial charge >= 0.3 is 12.3 Å². The molecular formula is C24H26O6. The SMILES string of the molecule is CCOC(=O)Oc1c2ccc(CC)cc2c(OC(=O)OCC)c2cc(CC)ccc12. The molecule has 30 heavy (non-hydrogen) atoms. The summed E-state index contributed by atoms with van der Waals surface area (Å²) in [6.07, 6.45) is 0.0486. The number of carbonyl (C=O) groups excluding carboxylic acids is 2. The topological polar surface area (TPSA) is 71.1 Å². The molecule has 0 aliphatic rings. The van der Waals surface area contributed by atoms with E-state index < -0.39 is 12.3 Å². The molecule has 0 atom stereocenters. The Morgan fingerprint density at radius 3 is 1.40 bits per heavy atom. The molecule has 0 amide bonds. The van der Waals surface area contributed by atoms with Crippen LogP contribution in [0.2, 0.25) is 0 Å². The monoisotopic (exact) mass is 410 g/mol. The van der Waals surface area contributed by atoms with Crippen molar-refractivity contribution in [3.63, 3.8) is 0 Å². The fourth-order valence-electron chi connectivity index (χ4n) is 3.37. The van der Waals surface area contributed by atoms with E-state index in [4.69, 9.17) is 18.9 Å². The van der Waals surface area contributed by atoms with Crippen molar-refractivity contribution in [1.82, 2.24) is 0 Å². The van der Waals surface area contributed by atoms with Gasteiger partial charge in [0.15, 0.2) is 0 Å². The minimum atomic E-state index is -0.779. The molecule has 0 aromatic heterocycles. The molecule has 0 saturated carbocycles. The fraction of sp³-hybridized carbons (Fsp3) is 0.333. The molecule has 0 radical (unpaired) electrons. The minimum Gasteiger partial charge on any atom is -0.434 e. The Balaban J connectivity index is 2.36. The zero-order valence-electron chi connectivity index (χ0n) is 17.7. The molecule has 6 heteroatoms. The average Bonchev–Trinajstić information content (AvgIpc) is 2.75. The minimum absolute atomic E-state index is 0.207. The van der Waals surface area contributed by atoms with Crippen LogP contribution in [0.5, 0.6) is 11.5 Å². The first-order valence-electron chi connectivity index (χ1n) is 10.2. The van der Waals surface area contributed by atoms with E-state index in [1.165, 1.54) is 0 Å². The molecule has 3 rings (SSSR count). The van der Waals surface area contributed by atoms with E-state index in [-0.39, 0.29) is 13.2 Å². The van der Waals surface area contributed by atoms with Gasteiger partial charge in [-0.2, -0.15) is 0 Å². The summed E-state index contributed by atoms with van der Waals surface area (Å²) in [6.45, 7) is 7.93. The van der Waals surface area contributed by atoms with Gasteiger partial charge in [-0.1, -0.05) is 38.1 Å². The quantitative estimate of drug-likeness (QED) is 0.274. The van der Waals surface area contributed by atoms with Crippen molar-refractivity contribution < 1.29 is 28.5 Å². The lowest BCUT2D eigenvalue weighted by Crippen LogP contribution is -2.13. The standard InChI is InChI=1S/C24H26O6/c1-5-15-9-11-17-19(13-15)22(30-24(26)28-8-4)20-14-16(6-2)10-12-18(20)21(17)29-23(25)27-7-3/h9-14H,5-8H2,1-4H3. The van der Waals surface area contributed by atoms with Gasteiger partial charge in [-0.25, -0.2) is 9.59 Å². The lowest BCUT2D eigenvalue weighted by atomic mass is 9.96. The van der Waals surface area contributed by atoms with E-state index in [2.05, 4.69) is 0 Å². The van der Waals surface area contributed by atoms with E-state index in [9.17, 15) is 9.59 Å². The van der Waals surface area contributed by atoms with E-state index >= 15 is 0 Å². The zero-order chi connectivity index (χ0) is 21.7. The number of ether oxygens (including phenoxy) is 4. The molecule has 158 valence electrons. The summed E-state index contributed by atoms with van der Waals surface area (Å²) in [7, 11) is 0. The highest BCUT2D eigenvalue weighted by atomic mass is 16.7. The third kappa shape index (κ3) is 4.32. The summed E-state index contributed by atoms with van der Waals surface area (Å²) in [5, 5.41) is 2.64. The van der Waals surface area contributed by atoms with Crippen molar-refractivity contribution >= 4 is 33.9 Å². The van der Waals surface area contributed by atoms with Gasteiger partial charge in [-0.05, 0) is 49.9 Å². The number of hydrogen-bond acceptors (Lipinski definition) is 6. The number of fused-ring (bicyclic) bond motifs is 2. The van der Waals surface area contributed by atoms with Crippen molar-refractivity contribution in [3.05, 3.63) is 47.5 Å². The Hall–Kier alpha value is -3.28. The van der Waals surface area contributed by atoms with Gasteiger partial charge in [0.25, 0.3) is 0 Å². The molecule has 0 spiro atoms. The summed E-state index contributed by atoms with van der Waals surface area (Å²) < 4.78 is 21.3. The largest absolute Gasteiger partial charge is 0.513 e. The van der Waals surface area contributed by atoms with Crippen molar-refractivity contribution in [2.24, 2.45) is 0 Å². The highest BCUT2D eigenvalue weighted by Crippen LogP contribution is 2.44. The van der Waals surface area contributed by atoms with Gasteiger partial charge in [-0.15, -0.1) is 0 Å². The molecule has 0 N–H and O–H groups in total. The summed E-state index contributed by atoms with van der Waals surface area (Å²) in [6, 6.07) is 11.5. The van der Waals surface area contributed by atoms with E-state index in [0.29, 0.717) is 33.0 Å². The van der Waals surface area contributed by atoms with Gasteiger partial charge in [0.05, 0.1) is 13.2 Å². The van der Waals surface area contributed by atoms with Crippen LogP contribution >= 0.6 is 0 Å². The van der Waals surface area contributed by atoms with Crippen LogP contribution in [0.1, 0.15) is 38.8 Å². The van der Waals surface area contributed by atoms with Gasteiger partial charge in [0.1, 0.15) is 11.5 Å². The number of hydrogen-bond donors (Lipinski definition) is 0. The fourth-order valence-corrected chi connectivity index (χ4v) is 3.37. The first-order valence-corrected chi connectivity index (χ1v) is 10.2. The molecular weight excluding hydrogens is 384 g/mol. The summed E-state index contributed by atoms with van der Waals surface area (Å²) in [5.41, 5.74) is 2.12. The smallest absolute Gasteiger partial charge is 0.434 e. The summed E-state index contributed by atoms with van der Waals surface area (Å²) >= 11 is 0. The zero-order valence-corrected chi connectivity index (χ0v) is 17.7. The van der Waals surface area contributed by atoms with Crippen LogP contribution in [-0.2, 0) is 22.3 Å². The maximum atomic E-state index is 12.2. The van der Waals surface area contributed by atoms with Crippen LogP contribution in [0.3, 0.4) is 0 Å². The molecule has 0 aliphatic heterocycles. The van der Waals surface area contributed by atoms with Gasteiger partial charge in [-0.3, -0.25) is 0 Å². The first-order chi connectivity index (χ1) is 14.5. The molecule has 3 aromatic rings. The highest BCUT2D eigenvalue weighted by molar-refractivity contribution is 6.12. The van der Waals surface area contributed by atoms with Crippen LogP contribution < -0.4 is 9.47 Å². The molecule has 0 saturated heterocycles. The predicted octanol–water partition coefficient (Wildman–Crippen LogP) is 6.19. The molecule has 6 nitrogen and oxygen atoms in total. The lowest BCUT2D eigenvalue weighted by molar-refractivity contribution is 0.103. The summed E-state index contributed by atoms with van der Waals surface area (Å²) in [5.74, 6) is 0.764. The third-order valence-corrected chi connectivity index (χ3v) is 4.86. The Morgan fingerprint density at radius 1 is 0.633 bits per heavy atom. The lowest BCUT2D eigenvalue weighted by Gasteiger charge is -2.17. The number of aryl methyl sites for hydroxylation is 2. The van der Waals surface area contributed by atoms with Crippen molar-refractivity contribution in [1.29, 1.82) is 0 Å². The van der Waals surface area contributed by atoms with Crippen LogP contribution in [0.15, 0.2) is 36.4 Å². The second kappa shape index (κ2) is 9.48. The van der Waals surface area contributed by atoms with E-state index in [0.717, 1.165) is 24.0 Å². The van der Waals surface area contributed by atoms with Gasteiger partial charge in [0.2, 0.25) is 0 Å². The van der Waals surface area contributed by atoms with E-state index in [1.807, 2.05) is 50.2 Å². The van der Waals surface area contributed by atoms with Gasteiger partial charge in [0, 0.05) is 21.5 Å². The van der Waals surface area contributed by atoms with Crippen LogP contribution in [0.25, 0.3) is 21.5 Å².